The van der Waals surface area contributed by atoms with Crippen molar-refractivity contribution in [1.29, 1.82) is 0 Å². The molecule has 0 bridgehead atoms. The van der Waals surface area contributed by atoms with E-state index < -0.39 is 0 Å². The number of aromatic hydroxyl groups is 1. The van der Waals surface area contributed by atoms with Gasteiger partial charge in [-0.25, -0.2) is 0 Å². The second-order valence-corrected chi connectivity index (χ2v) is 9.93. The maximum Gasteiger partial charge on any atom is 0.123 e. The molecule has 2 nitrogen and oxygen atoms in total. The monoisotopic (exact) mass is 442 g/mol. The Morgan fingerprint density at radius 3 is 2.16 bits per heavy atom. The van der Waals surface area contributed by atoms with Gasteiger partial charge in [0.25, 0.3) is 0 Å². The highest BCUT2D eigenvalue weighted by molar-refractivity contribution is 7.99. The first-order chi connectivity index (χ1) is 15.7. The van der Waals surface area contributed by atoms with Gasteiger partial charge < -0.3 is 9.84 Å². The van der Waals surface area contributed by atoms with Gasteiger partial charge in [-0.1, -0.05) is 61.9 Å². The SMILES string of the molecule is CCCC1Cc2c(OC)cc3ccccc3c2-c2c(c(O)cc3ccccc23)CC1SC. The number of ether oxygens (including phenoxy) is 1. The molecule has 0 amide bonds. The van der Waals surface area contributed by atoms with Crippen molar-refractivity contribution in [3.8, 4) is 22.6 Å². The van der Waals surface area contributed by atoms with Crippen molar-refractivity contribution in [1.82, 2.24) is 0 Å². The smallest absolute Gasteiger partial charge is 0.123 e. The molecule has 0 spiro atoms. The number of phenols is 1. The lowest BCUT2D eigenvalue weighted by molar-refractivity contribution is 0.396. The molecule has 1 N–H and O–H groups in total. The number of methoxy groups -OCH3 is 1. The molecular formula is C29H30O2S. The number of phenolic OH excluding ortho intramolecular Hbond substituents is 1. The summed E-state index contributed by atoms with van der Waals surface area (Å²) in [5.41, 5.74) is 4.77. The lowest BCUT2D eigenvalue weighted by Gasteiger charge is -2.32. The highest BCUT2D eigenvalue weighted by atomic mass is 32.2. The molecule has 0 fully saturated rings. The molecule has 4 aromatic carbocycles. The van der Waals surface area contributed by atoms with E-state index in [-0.39, 0.29) is 0 Å². The van der Waals surface area contributed by atoms with Crippen LogP contribution in [0.3, 0.4) is 0 Å². The molecule has 1 aliphatic carbocycles. The third-order valence-corrected chi connectivity index (χ3v) is 8.24. The van der Waals surface area contributed by atoms with Crippen LogP contribution in [0.4, 0.5) is 0 Å². The zero-order chi connectivity index (χ0) is 22.2. The summed E-state index contributed by atoms with van der Waals surface area (Å²) in [6.07, 6.45) is 6.41. The van der Waals surface area contributed by atoms with E-state index in [2.05, 4.69) is 61.7 Å². The van der Waals surface area contributed by atoms with Gasteiger partial charge in [0.15, 0.2) is 0 Å². The minimum atomic E-state index is 0.410. The average Bonchev–Trinajstić information content (AvgIpc) is 2.80. The Morgan fingerprint density at radius 2 is 1.53 bits per heavy atom. The Morgan fingerprint density at radius 1 is 0.906 bits per heavy atom. The van der Waals surface area contributed by atoms with Crippen molar-refractivity contribution in [2.45, 2.75) is 37.9 Å². The largest absolute Gasteiger partial charge is 0.508 e. The summed E-state index contributed by atoms with van der Waals surface area (Å²) in [7, 11) is 1.78. The zero-order valence-electron chi connectivity index (χ0n) is 19.0. The molecule has 0 saturated carbocycles. The van der Waals surface area contributed by atoms with E-state index in [1.54, 1.807) is 7.11 Å². The number of fused-ring (bicyclic) bond motifs is 7. The first kappa shape index (κ1) is 21.2. The van der Waals surface area contributed by atoms with E-state index in [1.165, 1.54) is 39.3 Å². The standard InChI is InChI=1S/C29H30O2S/c1-4-9-20-14-24-26(31-2)16-19-11-6-8-13-22(19)29(24)28-21-12-7-5-10-18(21)15-25(30)23(28)17-27(20)32-3/h5-8,10-13,15-16,20,27,30H,4,9,14,17H2,1-3H3. The second kappa shape index (κ2) is 8.71. The van der Waals surface area contributed by atoms with Crippen LogP contribution in [0.15, 0.2) is 60.7 Å². The molecule has 32 heavy (non-hydrogen) atoms. The summed E-state index contributed by atoms with van der Waals surface area (Å²) in [5, 5.41) is 16.4. The molecule has 1 aliphatic rings. The Kier molecular flexibility index (Phi) is 5.77. The molecule has 0 aromatic heterocycles. The molecular weight excluding hydrogens is 412 g/mol. The van der Waals surface area contributed by atoms with Crippen molar-refractivity contribution in [2.24, 2.45) is 5.92 Å². The number of hydrogen-bond acceptors (Lipinski definition) is 3. The van der Waals surface area contributed by atoms with Crippen LogP contribution >= 0.6 is 11.8 Å². The van der Waals surface area contributed by atoms with Crippen molar-refractivity contribution in [3.63, 3.8) is 0 Å². The molecule has 3 heteroatoms. The van der Waals surface area contributed by atoms with E-state index >= 15 is 0 Å². The van der Waals surface area contributed by atoms with Crippen LogP contribution in [0.2, 0.25) is 0 Å². The highest BCUT2D eigenvalue weighted by Crippen LogP contribution is 2.49. The predicted octanol–water partition coefficient (Wildman–Crippen LogP) is 7.62. The molecule has 164 valence electrons. The fourth-order valence-electron chi connectivity index (χ4n) is 5.60. The Hall–Kier alpha value is -2.65. The van der Waals surface area contributed by atoms with Crippen molar-refractivity contribution < 1.29 is 9.84 Å². The van der Waals surface area contributed by atoms with Crippen LogP contribution in [-0.4, -0.2) is 23.7 Å². The third kappa shape index (κ3) is 3.44. The molecule has 2 unspecified atom stereocenters. The molecule has 0 aliphatic heterocycles. The molecule has 4 aromatic rings. The van der Waals surface area contributed by atoms with Gasteiger partial charge in [-0.2, -0.15) is 11.8 Å². The fourth-order valence-corrected chi connectivity index (χ4v) is 6.55. The Labute approximate surface area is 194 Å². The van der Waals surface area contributed by atoms with Gasteiger partial charge >= 0.3 is 0 Å². The molecule has 5 rings (SSSR count). The van der Waals surface area contributed by atoms with E-state index in [0.717, 1.165) is 36.0 Å². The minimum absolute atomic E-state index is 0.410. The molecule has 2 atom stereocenters. The second-order valence-electron chi connectivity index (χ2n) is 8.86. The van der Waals surface area contributed by atoms with Crippen LogP contribution in [-0.2, 0) is 12.8 Å². The number of hydrogen-bond donors (Lipinski definition) is 1. The number of benzene rings is 4. The van der Waals surface area contributed by atoms with Gasteiger partial charge in [-0.3, -0.25) is 0 Å². The van der Waals surface area contributed by atoms with Gasteiger partial charge in [-0.05, 0) is 76.2 Å². The van der Waals surface area contributed by atoms with Crippen molar-refractivity contribution in [3.05, 3.63) is 71.8 Å². The zero-order valence-corrected chi connectivity index (χ0v) is 19.8. The number of rotatable bonds is 4. The first-order valence-electron chi connectivity index (χ1n) is 11.5. The van der Waals surface area contributed by atoms with Crippen LogP contribution in [0.1, 0.15) is 30.9 Å². The van der Waals surface area contributed by atoms with Crippen molar-refractivity contribution >= 4 is 33.3 Å². The number of thioether (sulfide) groups is 1. The topological polar surface area (TPSA) is 29.5 Å². The summed E-state index contributed by atoms with van der Waals surface area (Å²) in [6, 6.07) is 21.2. The van der Waals surface area contributed by atoms with E-state index in [9.17, 15) is 5.11 Å². The maximum absolute atomic E-state index is 11.3. The van der Waals surface area contributed by atoms with Gasteiger partial charge in [0.2, 0.25) is 0 Å². The van der Waals surface area contributed by atoms with Gasteiger partial charge in [0.05, 0.1) is 7.11 Å². The predicted molar refractivity (Wildman–Crippen MR) is 138 cm³/mol. The highest BCUT2D eigenvalue weighted by Gasteiger charge is 2.31. The van der Waals surface area contributed by atoms with Crippen LogP contribution < -0.4 is 4.74 Å². The van der Waals surface area contributed by atoms with Crippen LogP contribution in [0.5, 0.6) is 11.5 Å². The fraction of sp³-hybridized carbons (Fsp3) is 0.310. The van der Waals surface area contributed by atoms with Gasteiger partial charge in [-0.15, -0.1) is 0 Å². The van der Waals surface area contributed by atoms with Crippen LogP contribution in [0.25, 0.3) is 32.7 Å². The summed E-state index contributed by atoms with van der Waals surface area (Å²) < 4.78 is 6.00. The summed E-state index contributed by atoms with van der Waals surface area (Å²) in [5.74, 6) is 1.90. The normalized spacial score (nSPS) is 18.1. The van der Waals surface area contributed by atoms with Crippen LogP contribution in [0, 0.1) is 5.92 Å². The lowest BCUT2D eigenvalue weighted by Crippen LogP contribution is -2.25. The van der Waals surface area contributed by atoms with E-state index in [1.807, 2.05) is 23.9 Å². The molecule has 0 radical (unpaired) electrons. The van der Waals surface area contributed by atoms with E-state index in [0.29, 0.717) is 16.9 Å². The Balaban J connectivity index is 1.96. The molecule has 0 saturated heterocycles. The van der Waals surface area contributed by atoms with Gasteiger partial charge in [0, 0.05) is 16.4 Å². The first-order valence-corrected chi connectivity index (χ1v) is 12.8. The summed E-state index contributed by atoms with van der Waals surface area (Å²) in [6.45, 7) is 2.27. The van der Waals surface area contributed by atoms with Crippen molar-refractivity contribution in [2.75, 3.05) is 13.4 Å². The lowest BCUT2D eigenvalue weighted by atomic mass is 9.77. The third-order valence-electron chi connectivity index (χ3n) is 7.08. The minimum Gasteiger partial charge on any atom is -0.508 e. The quantitative estimate of drug-likeness (QED) is 0.352. The van der Waals surface area contributed by atoms with E-state index in [4.69, 9.17) is 4.74 Å². The molecule has 0 heterocycles. The Bertz CT molecular complexity index is 1290. The van der Waals surface area contributed by atoms with Gasteiger partial charge in [0.1, 0.15) is 11.5 Å². The summed E-state index contributed by atoms with van der Waals surface area (Å²) >= 11 is 1.93. The summed E-state index contributed by atoms with van der Waals surface area (Å²) in [4.78, 5) is 0. The average molecular weight is 443 g/mol. The maximum atomic E-state index is 11.3.